The lowest BCUT2D eigenvalue weighted by molar-refractivity contribution is 0.104. The maximum absolute atomic E-state index is 13.0. The molecule has 0 amide bonds. The Balaban J connectivity index is 1.86. The SMILES string of the molecule is O=C(C(=Cc1cccnc1)SCc1ccc(Cl)cc1)c1ccc(Cl)cc1. The van der Waals surface area contributed by atoms with Crippen LogP contribution in [0, 0.1) is 0 Å². The van der Waals surface area contributed by atoms with Crippen LogP contribution in [0.4, 0.5) is 0 Å². The summed E-state index contributed by atoms with van der Waals surface area (Å²) in [4.78, 5) is 17.7. The van der Waals surface area contributed by atoms with Gasteiger partial charge in [-0.15, -0.1) is 11.8 Å². The Morgan fingerprint density at radius 1 is 0.962 bits per heavy atom. The summed E-state index contributed by atoms with van der Waals surface area (Å²) in [6.07, 6.45) is 5.31. The Bertz CT molecular complexity index is 907. The molecule has 0 aliphatic carbocycles. The van der Waals surface area contributed by atoms with Gasteiger partial charge in [-0.05, 0) is 59.7 Å². The first-order valence-electron chi connectivity index (χ1n) is 7.91. The lowest BCUT2D eigenvalue weighted by Gasteiger charge is -2.08. The number of hydrogen-bond donors (Lipinski definition) is 0. The molecule has 3 rings (SSSR count). The van der Waals surface area contributed by atoms with Crippen molar-refractivity contribution in [1.82, 2.24) is 4.98 Å². The van der Waals surface area contributed by atoms with Crippen molar-refractivity contribution in [3.63, 3.8) is 0 Å². The topological polar surface area (TPSA) is 30.0 Å². The van der Waals surface area contributed by atoms with E-state index in [-0.39, 0.29) is 5.78 Å². The normalized spacial score (nSPS) is 11.4. The quantitative estimate of drug-likeness (QED) is 0.347. The van der Waals surface area contributed by atoms with Gasteiger partial charge in [0.15, 0.2) is 5.78 Å². The zero-order valence-electron chi connectivity index (χ0n) is 13.7. The molecule has 0 atom stereocenters. The van der Waals surface area contributed by atoms with E-state index in [1.807, 2.05) is 42.5 Å². The van der Waals surface area contributed by atoms with Crippen LogP contribution in [0.15, 0.2) is 78.0 Å². The van der Waals surface area contributed by atoms with E-state index in [0.29, 0.717) is 26.3 Å². The molecule has 0 fully saturated rings. The van der Waals surface area contributed by atoms with E-state index >= 15 is 0 Å². The van der Waals surface area contributed by atoms with Crippen LogP contribution < -0.4 is 0 Å². The van der Waals surface area contributed by atoms with Crippen molar-refractivity contribution in [3.05, 3.63) is 105 Å². The number of hydrogen-bond acceptors (Lipinski definition) is 3. The summed E-state index contributed by atoms with van der Waals surface area (Å²) in [7, 11) is 0. The van der Waals surface area contributed by atoms with E-state index in [1.54, 1.807) is 36.7 Å². The van der Waals surface area contributed by atoms with Crippen molar-refractivity contribution in [3.8, 4) is 0 Å². The van der Waals surface area contributed by atoms with Gasteiger partial charge in [0.2, 0.25) is 0 Å². The molecule has 1 aromatic heterocycles. The molecule has 0 aliphatic heterocycles. The minimum Gasteiger partial charge on any atom is -0.288 e. The number of Topliss-reactive ketones (excluding diaryl/α,β-unsaturated/α-hetero) is 1. The smallest absolute Gasteiger partial charge is 0.199 e. The average Bonchev–Trinajstić information content (AvgIpc) is 2.67. The van der Waals surface area contributed by atoms with Gasteiger partial charge in [-0.1, -0.05) is 41.4 Å². The number of allylic oxidation sites excluding steroid dienone is 1. The average molecular weight is 400 g/mol. The van der Waals surface area contributed by atoms with Crippen LogP contribution in [0.1, 0.15) is 21.5 Å². The molecule has 26 heavy (non-hydrogen) atoms. The van der Waals surface area contributed by atoms with Crippen molar-refractivity contribution in [2.24, 2.45) is 0 Å². The first-order chi connectivity index (χ1) is 12.6. The number of carbonyl (C=O) groups excluding carboxylic acids is 1. The van der Waals surface area contributed by atoms with Gasteiger partial charge in [-0.2, -0.15) is 0 Å². The third-order valence-corrected chi connectivity index (χ3v) is 5.22. The first-order valence-corrected chi connectivity index (χ1v) is 9.65. The molecule has 5 heteroatoms. The highest BCUT2D eigenvalue weighted by molar-refractivity contribution is 8.03. The second-order valence-electron chi connectivity index (χ2n) is 5.55. The van der Waals surface area contributed by atoms with Gasteiger partial charge < -0.3 is 0 Å². The van der Waals surface area contributed by atoms with E-state index in [2.05, 4.69) is 4.98 Å². The molecule has 1 heterocycles. The van der Waals surface area contributed by atoms with Crippen LogP contribution >= 0.6 is 35.0 Å². The zero-order valence-corrected chi connectivity index (χ0v) is 16.1. The number of ketones is 1. The molecule has 2 aromatic carbocycles. The molecular weight excluding hydrogens is 385 g/mol. The predicted molar refractivity (Wildman–Crippen MR) is 111 cm³/mol. The highest BCUT2D eigenvalue weighted by Crippen LogP contribution is 2.28. The Morgan fingerprint density at radius 2 is 1.62 bits per heavy atom. The summed E-state index contributed by atoms with van der Waals surface area (Å²) in [5, 5.41) is 1.30. The summed E-state index contributed by atoms with van der Waals surface area (Å²) in [6.45, 7) is 0. The monoisotopic (exact) mass is 399 g/mol. The number of aromatic nitrogens is 1. The van der Waals surface area contributed by atoms with Gasteiger partial charge in [0, 0.05) is 33.8 Å². The van der Waals surface area contributed by atoms with Gasteiger partial charge in [-0.3, -0.25) is 9.78 Å². The van der Waals surface area contributed by atoms with Crippen molar-refractivity contribution in [1.29, 1.82) is 0 Å². The minimum atomic E-state index is -0.0375. The summed E-state index contributed by atoms with van der Waals surface area (Å²) < 4.78 is 0. The maximum Gasteiger partial charge on any atom is 0.199 e. The molecule has 0 N–H and O–H groups in total. The molecule has 0 radical (unpaired) electrons. The van der Waals surface area contributed by atoms with Crippen LogP contribution in [0.2, 0.25) is 10.0 Å². The Kier molecular flexibility index (Phi) is 6.51. The van der Waals surface area contributed by atoms with Crippen LogP contribution in [0.3, 0.4) is 0 Å². The summed E-state index contributed by atoms with van der Waals surface area (Å²) in [5.41, 5.74) is 2.59. The predicted octanol–water partition coefficient (Wildman–Crippen LogP) is 6.55. The lowest BCUT2D eigenvalue weighted by Crippen LogP contribution is -2.01. The van der Waals surface area contributed by atoms with Gasteiger partial charge >= 0.3 is 0 Å². The van der Waals surface area contributed by atoms with E-state index in [9.17, 15) is 4.79 Å². The molecule has 3 aromatic rings. The highest BCUT2D eigenvalue weighted by Gasteiger charge is 2.14. The fourth-order valence-electron chi connectivity index (χ4n) is 2.27. The maximum atomic E-state index is 13.0. The molecular formula is C21H15Cl2NOS. The lowest BCUT2D eigenvalue weighted by atomic mass is 10.1. The number of halogens is 2. The Labute approximate surface area is 166 Å². The van der Waals surface area contributed by atoms with Gasteiger partial charge in [0.05, 0.1) is 4.91 Å². The number of benzene rings is 2. The number of rotatable bonds is 6. The van der Waals surface area contributed by atoms with E-state index in [4.69, 9.17) is 23.2 Å². The zero-order chi connectivity index (χ0) is 18.4. The Morgan fingerprint density at radius 3 is 2.23 bits per heavy atom. The molecule has 130 valence electrons. The second-order valence-corrected chi connectivity index (χ2v) is 7.44. The van der Waals surface area contributed by atoms with Crippen molar-refractivity contribution in [2.45, 2.75) is 5.75 Å². The van der Waals surface area contributed by atoms with Crippen LogP contribution in [0.5, 0.6) is 0 Å². The van der Waals surface area contributed by atoms with Gasteiger partial charge in [0.1, 0.15) is 0 Å². The molecule has 0 aliphatic rings. The largest absolute Gasteiger partial charge is 0.288 e. The standard InChI is InChI=1S/C21H15Cl2NOS/c22-18-7-3-15(4-8-18)14-26-20(12-16-2-1-11-24-13-16)21(25)17-5-9-19(23)10-6-17/h1-13H,14H2. The van der Waals surface area contributed by atoms with Crippen molar-refractivity contribution >= 4 is 46.8 Å². The van der Waals surface area contributed by atoms with E-state index < -0.39 is 0 Å². The second kappa shape index (κ2) is 9.04. The highest BCUT2D eigenvalue weighted by atomic mass is 35.5. The fourth-order valence-corrected chi connectivity index (χ4v) is 3.51. The van der Waals surface area contributed by atoms with E-state index in [1.165, 1.54) is 11.8 Å². The van der Waals surface area contributed by atoms with Gasteiger partial charge in [0.25, 0.3) is 0 Å². The van der Waals surface area contributed by atoms with Crippen LogP contribution in [-0.2, 0) is 5.75 Å². The van der Waals surface area contributed by atoms with Gasteiger partial charge in [-0.25, -0.2) is 0 Å². The number of pyridine rings is 1. The first kappa shape index (κ1) is 18.7. The summed E-state index contributed by atoms with van der Waals surface area (Å²) in [6, 6.07) is 18.3. The molecule has 0 spiro atoms. The molecule has 2 nitrogen and oxygen atoms in total. The number of carbonyl (C=O) groups is 1. The third kappa shape index (κ3) is 5.21. The third-order valence-electron chi connectivity index (χ3n) is 3.62. The molecule has 0 unspecified atom stereocenters. The van der Waals surface area contributed by atoms with Crippen molar-refractivity contribution in [2.75, 3.05) is 0 Å². The summed E-state index contributed by atoms with van der Waals surface area (Å²) >= 11 is 13.4. The molecule has 0 saturated carbocycles. The van der Waals surface area contributed by atoms with Crippen molar-refractivity contribution < 1.29 is 4.79 Å². The van der Waals surface area contributed by atoms with Crippen LogP contribution in [-0.4, -0.2) is 10.8 Å². The molecule has 0 bridgehead atoms. The number of nitrogens with zero attached hydrogens (tertiary/aromatic N) is 1. The summed E-state index contributed by atoms with van der Waals surface area (Å²) in [5.74, 6) is 0.632. The fraction of sp³-hybridized carbons (Fsp3) is 0.0476. The molecule has 0 saturated heterocycles. The number of thioether (sulfide) groups is 1. The van der Waals surface area contributed by atoms with E-state index in [0.717, 1.165) is 11.1 Å². The Hall–Kier alpha value is -2.07. The minimum absolute atomic E-state index is 0.0375. The van der Waals surface area contributed by atoms with Crippen LogP contribution in [0.25, 0.3) is 6.08 Å².